The molecule has 3 N–H and O–H groups in total. The first kappa shape index (κ1) is 12.8. The van der Waals surface area contributed by atoms with E-state index in [1.165, 1.54) is 25.7 Å². The molecule has 0 aromatic carbocycles. The van der Waals surface area contributed by atoms with Crippen LogP contribution in [0.5, 0.6) is 0 Å². The molecular weight excluding hydrogens is 258 g/mol. The number of rotatable bonds is 4. The highest BCUT2D eigenvalue weighted by atomic mass is 32.2. The molecule has 2 aliphatic rings. The van der Waals surface area contributed by atoms with E-state index in [2.05, 4.69) is 26.1 Å². The van der Waals surface area contributed by atoms with Crippen LogP contribution in [-0.4, -0.2) is 33.9 Å². The van der Waals surface area contributed by atoms with Gasteiger partial charge in [-0.3, -0.25) is 4.99 Å². The maximum atomic E-state index is 5.90. The number of fused-ring (bicyclic) bond motifs is 1. The van der Waals surface area contributed by atoms with Crippen molar-refractivity contribution in [2.24, 2.45) is 10.7 Å². The number of nitrogens with one attached hydrogen (secondary N) is 1. The SMILES string of the molecule is NC(=NCCc1cn2c(n1)SCC2)NC1CCCC1. The highest BCUT2D eigenvalue weighted by Crippen LogP contribution is 2.24. The van der Waals surface area contributed by atoms with E-state index >= 15 is 0 Å². The van der Waals surface area contributed by atoms with Crippen molar-refractivity contribution in [1.82, 2.24) is 14.9 Å². The molecule has 1 aliphatic heterocycles. The van der Waals surface area contributed by atoms with E-state index in [1.54, 1.807) is 0 Å². The molecule has 1 aliphatic carbocycles. The molecule has 1 fully saturated rings. The second-order valence-electron chi connectivity index (χ2n) is 5.20. The summed E-state index contributed by atoms with van der Waals surface area (Å²) in [7, 11) is 0. The third kappa shape index (κ3) is 3.23. The molecule has 0 spiro atoms. The molecule has 6 heteroatoms. The number of aryl methyl sites for hydroxylation is 1. The molecule has 0 atom stereocenters. The Hall–Kier alpha value is -1.17. The number of hydrogen-bond acceptors (Lipinski definition) is 3. The zero-order chi connectivity index (χ0) is 13.1. The summed E-state index contributed by atoms with van der Waals surface area (Å²) in [5, 5.41) is 4.45. The van der Waals surface area contributed by atoms with Crippen LogP contribution >= 0.6 is 11.8 Å². The molecule has 0 radical (unpaired) electrons. The van der Waals surface area contributed by atoms with Crippen molar-refractivity contribution < 1.29 is 0 Å². The summed E-state index contributed by atoms with van der Waals surface area (Å²) in [4.78, 5) is 8.98. The van der Waals surface area contributed by atoms with Crippen LogP contribution in [-0.2, 0) is 13.0 Å². The highest BCUT2D eigenvalue weighted by molar-refractivity contribution is 7.99. The zero-order valence-electron chi connectivity index (χ0n) is 11.1. The third-order valence-corrected chi connectivity index (χ3v) is 4.68. The summed E-state index contributed by atoms with van der Waals surface area (Å²) >= 11 is 1.83. The first-order valence-corrected chi connectivity index (χ1v) is 8.05. The van der Waals surface area contributed by atoms with Gasteiger partial charge >= 0.3 is 0 Å². The Balaban J connectivity index is 1.45. The largest absolute Gasteiger partial charge is 0.370 e. The van der Waals surface area contributed by atoms with Crippen LogP contribution in [0.25, 0.3) is 0 Å². The fourth-order valence-corrected chi connectivity index (χ4v) is 3.66. The smallest absolute Gasteiger partial charge is 0.188 e. The fraction of sp³-hybridized carbons (Fsp3) is 0.692. The molecule has 104 valence electrons. The van der Waals surface area contributed by atoms with Crippen LogP contribution in [0.15, 0.2) is 16.3 Å². The van der Waals surface area contributed by atoms with Gasteiger partial charge in [-0.15, -0.1) is 0 Å². The average Bonchev–Trinajstić information content (AvgIpc) is 3.04. The van der Waals surface area contributed by atoms with Crippen LogP contribution < -0.4 is 11.1 Å². The van der Waals surface area contributed by atoms with Crippen LogP contribution in [0.4, 0.5) is 0 Å². The molecule has 3 rings (SSSR count). The molecule has 0 unspecified atom stereocenters. The van der Waals surface area contributed by atoms with Gasteiger partial charge in [0.05, 0.1) is 5.69 Å². The lowest BCUT2D eigenvalue weighted by atomic mass is 10.2. The Kier molecular flexibility index (Phi) is 3.96. The predicted molar refractivity (Wildman–Crippen MR) is 78.5 cm³/mol. The lowest BCUT2D eigenvalue weighted by molar-refractivity contribution is 0.625. The van der Waals surface area contributed by atoms with E-state index in [4.69, 9.17) is 5.73 Å². The molecule has 0 amide bonds. The van der Waals surface area contributed by atoms with Gasteiger partial charge < -0.3 is 15.6 Å². The maximum absolute atomic E-state index is 5.90. The first-order chi connectivity index (χ1) is 9.31. The summed E-state index contributed by atoms with van der Waals surface area (Å²) in [6, 6.07) is 0.538. The summed E-state index contributed by atoms with van der Waals surface area (Å²) in [6.45, 7) is 1.80. The van der Waals surface area contributed by atoms with Crippen molar-refractivity contribution in [2.45, 2.75) is 49.8 Å². The first-order valence-electron chi connectivity index (χ1n) is 7.06. The Labute approximate surface area is 118 Å². The number of aromatic nitrogens is 2. The van der Waals surface area contributed by atoms with E-state index in [9.17, 15) is 0 Å². The van der Waals surface area contributed by atoms with Crippen LogP contribution in [0.1, 0.15) is 31.4 Å². The Bertz CT molecular complexity index is 440. The van der Waals surface area contributed by atoms with Crippen molar-refractivity contribution in [3.8, 4) is 0 Å². The number of thioether (sulfide) groups is 1. The second-order valence-corrected chi connectivity index (χ2v) is 6.26. The number of imidazole rings is 1. The predicted octanol–water partition coefficient (Wildman–Crippen LogP) is 1.38. The molecule has 1 saturated carbocycles. The number of guanidine groups is 1. The Morgan fingerprint density at radius 1 is 1.53 bits per heavy atom. The summed E-state index contributed by atoms with van der Waals surface area (Å²) in [5.74, 6) is 1.74. The molecule has 2 heterocycles. The van der Waals surface area contributed by atoms with Crippen molar-refractivity contribution in [1.29, 1.82) is 0 Å². The van der Waals surface area contributed by atoms with Crippen molar-refractivity contribution in [3.63, 3.8) is 0 Å². The monoisotopic (exact) mass is 279 g/mol. The minimum atomic E-state index is 0.538. The molecular formula is C13H21N5S. The van der Waals surface area contributed by atoms with E-state index in [-0.39, 0.29) is 0 Å². The normalized spacial score (nSPS) is 19.9. The van der Waals surface area contributed by atoms with Crippen LogP contribution in [0, 0.1) is 0 Å². The van der Waals surface area contributed by atoms with E-state index in [1.807, 2.05) is 11.8 Å². The van der Waals surface area contributed by atoms with Gasteiger partial charge in [0, 0.05) is 37.5 Å². The lowest BCUT2D eigenvalue weighted by Crippen LogP contribution is -2.38. The topological polar surface area (TPSA) is 68.2 Å². The van der Waals surface area contributed by atoms with E-state index in [0.29, 0.717) is 18.5 Å². The molecule has 0 saturated heterocycles. The summed E-state index contributed by atoms with van der Waals surface area (Å²) in [5.41, 5.74) is 7.02. The van der Waals surface area contributed by atoms with E-state index in [0.717, 1.165) is 29.6 Å². The summed E-state index contributed by atoms with van der Waals surface area (Å²) < 4.78 is 2.23. The van der Waals surface area contributed by atoms with Gasteiger partial charge in [0.25, 0.3) is 0 Å². The molecule has 1 aromatic rings. The summed E-state index contributed by atoms with van der Waals surface area (Å²) in [6.07, 6.45) is 8.08. The van der Waals surface area contributed by atoms with Crippen molar-refractivity contribution in [2.75, 3.05) is 12.3 Å². The molecule has 5 nitrogen and oxygen atoms in total. The molecule has 1 aromatic heterocycles. The number of hydrogen-bond donors (Lipinski definition) is 2. The van der Waals surface area contributed by atoms with Gasteiger partial charge in [0.2, 0.25) is 0 Å². The average molecular weight is 279 g/mol. The highest BCUT2D eigenvalue weighted by Gasteiger charge is 2.15. The Morgan fingerprint density at radius 3 is 3.16 bits per heavy atom. The number of nitrogens with zero attached hydrogens (tertiary/aromatic N) is 3. The van der Waals surface area contributed by atoms with Gasteiger partial charge in [-0.05, 0) is 12.8 Å². The van der Waals surface area contributed by atoms with Gasteiger partial charge in [0.15, 0.2) is 11.1 Å². The second kappa shape index (κ2) is 5.86. The molecule has 0 bridgehead atoms. The minimum Gasteiger partial charge on any atom is -0.370 e. The van der Waals surface area contributed by atoms with Gasteiger partial charge in [-0.2, -0.15) is 0 Å². The van der Waals surface area contributed by atoms with Gasteiger partial charge in [-0.1, -0.05) is 24.6 Å². The Morgan fingerprint density at radius 2 is 2.37 bits per heavy atom. The number of nitrogens with two attached hydrogens (primary N) is 1. The lowest BCUT2D eigenvalue weighted by Gasteiger charge is -2.11. The van der Waals surface area contributed by atoms with Crippen LogP contribution in [0.2, 0.25) is 0 Å². The van der Waals surface area contributed by atoms with Gasteiger partial charge in [0.1, 0.15) is 0 Å². The van der Waals surface area contributed by atoms with Crippen LogP contribution in [0.3, 0.4) is 0 Å². The van der Waals surface area contributed by atoms with Crippen molar-refractivity contribution in [3.05, 3.63) is 11.9 Å². The fourth-order valence-electron chi connectivity index (χ4n) is 2.70. The molecule has 19 heavy (non-hydrogen) atoms. The maximum Gasteiger partial charge on any atom is 0.188 e. The minimum absolute atomic E-state index is 0.538. The quantitative estimate of drug-likeness (QED) is 0.645. The standard InChI is InChI=1S/C13H21N5S/c14-12(16-10-3-1-2-4-10)15-6-5-11-9-18-7-8-19-13(18)17-11/h9-10H,1-8H2,(H3,14,15,16). The van der Waals surface area contributed by atoms with E-state index < -0.39 is 0 Å². The van der Waals surface area contributed by atoms with Gasteiger partial charge in [-0.25, -0.2) is 4.98 Å². The zero-order valence-corrected chi connectivity index (χ0v) is 12.0. The third-order valence-electron chi connectivity index (χ3n) is 3.71. The van der Waals surface area contributed by atoms with Crippen molar-refractivity contribution >= 4 is 17.7 Å². The number of aliphatic imine (C=N–C) groups is 1.